The second kappa shape index (κ2) is 8.71. The van der Waals surface area contributed by atoms with E-state index in [1.54, 1.807) is 0 Å². The zero-order valence-electron chi connectivity index (χ0n) is 21.0. The topological polar surface area (TPSA) is 38.2 Å². The van der Waals surface area contributed by atoms with Crippen molar-refractivity contribution in [2.24, 2.45) is 0 Å². The van der Waals surface area contributed by atoms with Crippen molar-refractivity contribution in [3.8, 4) is 50.8 Å². The summed E-state index contributed by atoms with van der Waals surface area (Å²) in [4.78, 5) is 12.3. The first kappa shape index (κ1) is 21.9. The molecule has 0 radical (unpaired) electrons. The lowest BCUT2D eigenvalue weighted by Crippen LogP contribution is -2.50. The van der Waals surface area contributed by atoms with E-state index < -0.39 is 0 Å². The van der Waals surface area contributed by atoms with Gasteiger partial charge in [0, 0.05) is 27.9 Å². The van der Waals surface area contributed by atoms with E-state index in [9.17, 15) is 0 Å². The Labute approximate surface area is 227 Å². The van der Waals surface area contributed by atoms with E-state index in [0.29, 0.717) is 5.82 Å². The summed E-state index contributed by atoms with van der Waals surface area (Å²) in [7, 11) is -0.210. The smallest absolute Gasteiger partial charge is 0.524 e. The molecule has 0 amide bonds. The standard InChI is InChI=1S/C34H22BN3O/c1-3-11-23(12-4-1)29-22-30(24-13-5-2-6-14-24)37-34(36-29)25-19-20-32-33(21-25)39-35-28-17-9-7-15-26(28)27-16-8-10-18-31(27)38(32)35/h1-22H. The molecule has 0 N–H and O–H groups in total. The molecule has 2 aliphatic rings. The number of nitrogens with zero attached hydrogens (tertiary/aromatic N) is 3. The minimum atomic E-state index is -0.210. The Morgan fingerprint density at radius 1 is 0.513 bits per heavy atom. The molecule has 0 spiro atoms. The molecular formula is C34H22BN3O. The Morgan fingerprint density at radius 2 is 1.13 bits per heavy atom. The van der Waals surface area contributed by atoms with Gasteiger partial charge in [0.25, 0.3) is 0 Å². The van der Waals surface area contributed by atoms with Crippen LogP contribution in [-0.4, -0.2) is 17.0 Å². The average Bonchev–Trinajstić information content (AvgIpc) is 3.41. The van der Waals surface area contributed by atoms with Gasteiger partial charge in [-0.25, -0.2) is 9.97 Å². The number of aromatic nitrogens is 2. The second-order valence-corrected chi connectivity index (χ2v) is 9.82. The molecule has 4 nitrogen and oxygen atoms in total. The molecule has 0 aliphatic carbocycles. The highest BCUT2D eigenvalue weighted by Crippen LogP contribution is 2.48. The quantitative estimate of drug-likeness (QED) is 0.238. The van der Waals surface area contributed by atoms with E-state index >= 15 is 0 Å². The monoisotopic (exact) mass is 499 g/mol. The van der Waals surface area contributed by atoms with Gasteiger partial charge in [-0.2, -0.15) is 0 Å². The van der Waals surface area contributed by atoms with E-state index in [0.717, 1.165) is 45.2 Å². The molecular weight excluding hydrogens is 477 g/mol. The maximum atomic E-state index is 6.66. The van der Waals surface area contributed by atoms with Crippen molar-refractivity contribution < 1.29 is 4.65 Å². The summed E-state index contributed by atoms with van der Waals surface area (Å²) in [6.07, 6.45) is 0. The molecule has 0 bridgehead atoms. The second-order valence-electron chi connectivity index (χ2n) is 9.82. The number of benzene rings is 5. The van der Waals surface area contributed by atoms with Crippen LogP contribution in [-0.2, 0) is 0 Å². The molecule has 0 saturated carbocycles. The minimum absolute atomic E-state index is 0.210. The van der Waals surface area contributed by atoms with Crippen molar-refractivity contribution in [3.05, 3.63) is 133 Å². The Balaban J connectivity index is 1.27. The fourth-order valence-electron chi connectivity index (χ4n) is 5.66. The number of rotatable bonds is 3. The molecule has 5 heteroatoms. The van der Waals surface area contributed by atoms with Gasteiger partial charge in [0.1, 0.15) is 5.75 Å². The van der Waals surface area contributed by atoms with Gasteiger partial charge in [0.2, 0.25) is 0 Å². The molecule has 3 heterocycles. The summed E-state index contributed by atoms with van der Waals surface area (Å²) in [5, 5.41) is 0. The minimum Gasteiger partial charge on any atom is -0.536 e. The van der Waals surface area contributed by atoms with Gasteiger partial charge < -0.3 is 9.47 Å². The molecule has 6 aromatic rings. The maximum absolute atomic E-state index is 6.66. The van der Waals surface area contributed by atoms with Crippen LogP contribution in [0.4, 0.5) is 11.4 Å². The zero-order chi connectivity index (χ0) is 25.8. The van der Waals surface area contributed by atoms with E-state index in [1.807, 2.05) is 36.4 Å². The van der Waals surface area contributed by atoms with Crippen LogP contribution in [0.1, 0.15) is 0 Å². The Bertz CT molecular complexity index is 1800. The third kappa shape index (κ3) is 3.55. The SMILES string of the molecule is c1ccc(-c2cc(-c3ccccc3)nc(-c3ccc4c(c3)OB3c5ccccc5-c5ccccc5N34)n2)cc1. The summed E-state index contributed by atoms with van der Waals surface area (Å²) >= 11 is 0. The van der Waals surface area contributed by atoms with Crippen molar-refractivity contribution in [2.45, 2.75) is 0 Å². The number of fused-ring (bicyclic) bond motifs is 8. The van der Waals surface area contributed by atoms with Crippen molar-refractivity contribution >= 4 is 23.9 Å². The number of hydrogen-bond acceptors (Lipinski definition) is 4. The Morgan fingerprint density at radius 3 is 1.85 bits per heavy atom. The lowest BCUT2D eigenvalue weighted by Gasteiger charge is -2.31. The molecule has 5 aromatic carbocycles. The van der Waals surface area contributed by atoms with E-state index in [1.165, 1.54) is 16.6 Å². The molecule has 8 rings (SSSR count). The van der Waals surface area contributed by atoms with Gasteiger partial charge in [-0.3, -0.25) is 0 Å². The summed E-state index contributed by atoms with van der Waals surface area (Å²) in [6, 6.07) is 45.9. The van der Waals surface area contributed by atoms with Crippen molar-refractivity contribution in [2.75, 3.05) is 4.81 Å². The molecule has 2 aliphatic heterocycles. The number of hydrogen-bond donors (Lipinski definition) is 0. The van der Waals surface area contributed by atoms with E-state index in [2.05, 4.69) is 102 Å². The predicted molar refractivity (Wildman–Crippen MR) is 158 cm³/mol. The Hall–Kier alpha value is -5.16. The highest BCUT2D eigenvalue weighted by atomic mass is 16.5. The summed E-state index contributed by atoms with van der Waals surface area (Å²) in [6.45, 7) is 0. The molecule has 39 heavy (non-hydrogen) atoms. The lowest BCUT2D eigenvalue weighted by molar-refractivity contribution is 0.603. The summed E-state index contributed by atoms with van der Waals surface area (Å²) in [5.41, 5.74) is 10.6. The molecule has 0 fully saturated rings. The van der Waals surface area contributed by atoms with Crippen LogP contribution in [0, 0.1) is 0 Å². The van der Waals surface area contributed by atoms with Crippen LogP contribution in [0.5, 0.6) is 5.75 Å². The first-order chi connectivity index (χ1) is 19.3. The van der Waals surface area contributed by atoms with Crippen LogP contribution in [0.15, 0.2) is 133 Å². The fourth-order valence-corrected chi connectivity index (χ4v) is 5.66. The predicted octanol–water partition coefficient (Wildman–Crippen LogP) is 7.38. The summed E-state index contributed by atoms with van der Waals surface area (Å²) in [5.74, 6) is 1.51. The number of anilines is 2. The fraction of sp³-hybridized carbons (Fsp3) is 0. The van der Waals surface area contributed by atoms with Crippen molar-refractivity contribution in [1.29, 1.82) is 0 Å². The molecule has 1 aromatic heterocycles. The zero-order valence-corrected chi connectivity index (χ0v) is 21.0. The molecule has 0 unspecified atom stereocenters. The maximum Gasteiger partial charge on any atom is 0.524 e. The normalized spacial score (nSPS) is 12.7. The highest BCUT2D eigenvalue weighted by molar-refractivity contribution is 6.77. The van der Waals surface area contributed by atoms with E-state index in [4.69, 9.17) is 14.6 Å². The third-order valence-corrected chi connectivity index (χ3v) is 7.50. The average molecular weight is 499 g/mol. The largest absolute Gasteiger partial charge is 0.536 e. The van der Waals surface area contributed by atoms with Gasteiger partial charge >= 0.3 is 7.05 Å². The van der Waals surface area contributed by atoms with Crippen LogP contribution in [0.3, 0.4) is 0 Å². The van der Waals surface area contributed by atoms with Gasteiger partial charge in [-0.1, -0.05) is 103 Å². The van der Waals surface area contributed by atoms with Gasteiger partial charge in [0.15, 0.2) is 5.82 Å². The molecule has 0 atom stereocenters. The van der Waals surface area contributed by atoms with Crippen LogP contribution >= 0.6 is 0 Å². The van der Waals surface area contributed by atoms with Crippen molar-refractivity contribution in [1.82, 2.24) is 9.97 Å². The number of para-hydroxylation sites is 1. The van der Waals surface area contributed by atoms with Crippen LogP contribution < -0.4 is 14.9 Å². The van der Waals surface area contributed by atoms with E-state index in [-0.39, 0.29) is 7.05 Å². The lowest BCUT2D eigenvalue weighted by atomic mass is 9.65. The van der Waals surface area contributed by atoms with Gasteiger partial charge in [0.05, 0.1) is 17.1 Å². The van der Waals surface area contributed by atoms with Gasteiger partial charge in [-0.05, 0) is 41.4 Å². The van der Waals surface area contributed by atoms with Gasteiger partial charge in [-0.15, -0.1) is 0 Å². The molecule has 182 valence electrons. The first-order valence-electron chi connectivity index (χ1n) is 13.1. The van der Waals surface area contributed by atoms with Crippen LogP contribution in [0.25, 0.3) is 45.0 Å². The molecule has 0 saturated heterocycles. The van der Waals surface area contributed by atoms with Crippen molar-refractivity contribution in [3.63, 3.8) is 0 Å². The third-order valence-electron chi connectivity index (χ3n) is 7.50. The first-order valence-corrected chi connectivity index (χ1v) is 13.1. The van der Waals surface area contributed by atoms with Crippen LogP contribution in [0.2, 0.25) is 0 Å². The Kier molecular flexibility index (Phi) is 4.89. The summed E-state index contributed by atoms with van der Waals surface area (Å²) < 4.78 is 6.66. The highest BCUT2D eigenvalue weighted by Gasteiger charge is 2.44.